The highest BCUT2D eigenvalue weighted by atomic mass is 35.5. The number of aryl methyl sites for hydroxylation is 1. The molecule has 0 aliphatic heterocycles. The topological polar surface area (TPSA) is 124 Å². The van der Waals surface area contributed by atoms with E-state index in [0.29, 0.717) is 10.9 Å². The summed E-state index contributed by atoms with van der Waals surface area (Å²) in [6, 6.07) is 17.1. The van der Waals surface area contributed by atoms with Gasteiger partial charge in [-0.2, -0.15) is 0 Å². The number of nitrogens with one attached hydrogen (secondary N) is 1. The fourth-order valence-electron chi connectivity index (χ4n) is 3.75. The van der Waals surface area contributed by atoms with Crippen molar-refractivity contribution in [1.82, 2.24) is 25.2 Å². The number of aromatic nitrogens is 3. The minimum atomic E-state index is -1.66. The molecule has 0 aliphatic carbocycles. The van der Waals surface area contributed by atoms with Crippen molar-refractivity contribution in [2.24, 2.45) is 0 Å². The molecule has 196 valence electrons. The molecule has 3 rings (SSSR count). The summed E-state index contributed by atoms with van der Waals surface area (Å²) in [5.74, 6) is -0.676. The predicted molar refractivity (Wildman–Crippen MR) is 143 cm³/mol. The number of para-hydroxylation sites is 1. The normalized spacial score (nSPS) is 13.5. The zero-order valence-corrected chi connectivity index (χ0v) is 22.0. The van der Waals surface area contributed by atoms with Gasteiger partial charge in [-0.15, -0.1) is 5.10 Å². The van der Waals surface area contributed by atoms with Crippen LogP contribution in [0.4, 0.5) is 0 Å². The van der Waals surface area contributed by atoms with Gasteiger partial charge in [0.15, 0.2) is 18.2 Å². The van der Waals surface area contributed by atoms with Crippen molar-refractivity contribution in [3.05, 3.63) is 94.1 Å². The van der Waals surface area contributed by atoms with Gasteiger partial charge in [-0.3, -0.25) is 0 Å². The van der Waals surface area contributed by atoms with E-state index in [4.69, 9.17) is 11.6 Å². The van der Waals surface area contributed by atoms with Crippen LogP contribution >= 0.6 is 11.6 Å². The zero-order chi connectivity index (χ0) is 27.1. The smallest absolute Gasteiger partial charge is 0.333 e. The quantitative estimate of drug-likeness (QED) is 0.168. The molecule has 1 aromatic heterocycles. The third-order valence-corrected chi connectivity index (χ3v) is 5.64. The number of hydrazine groups is 1. The monoisotopic (exact) mass is 525 g/mol. The number of carboxylic acids is 1. The Labute approximate surface area is 221 Å². The van der Waals surface area contributed by atoms with Crippen LogP contribution in [-0.4, -0.2) is 53.7 Å². The Morgan fingerprint density at radius 1 is 1.11 bits per heavy atom. The maximum absolute atomic E-state index is 11.3. The fourth-order valence-corrected chi connectivity index (χ4v) is 3.85. The molecule has 0 spiro atoms. The van der Waals surface area contributed by atoms with Crippen LogP contribution < -0.4 is 5.43 Å². The van der Waals surface area contributed by atoms with Crippen LogP contribution in [0.5, 0.6) is 0 Å². The van der Waals surface area contributed by atoms with Gasteiger partial charge < -0.3 is 15.3 Å². The third kappa shape index (κ3) is 7.82. The first kappa shape index (κ1) is 28.2. The van der Waals surface area contributed by atoms with Crippen molar-refractivity contribution < 1.29 is 20.1 Å². The number of aliphatic hydroxyl groups is 2. The molecule has 0 fully saturated rings. The van der Waals surface area contributed by atoms with E-state index in [1.165, 1.54) is 5.01 Å². The Hall–Kier alpha value is -3.34. The van der Waals surface area contributed by atoms with Gasteiger partial charge in [0.05, 0.1) is 12.2 Å². The van der Waals surface area contributed by atoms with Crippen molar-refractivity contribution in [3.8, 4) is 5.69 Å². The Kier molecular flexibility index (Phi) is 9.73. The van der Waals surface area contributed by atoms with E-state index in [1.807, 2.05) is 81.4 Å². The zero-order valence-electron chi connectivity index (χ0n) is 21.3. The molecule has 0 radical (unpaired) electrons. The van der Waals surface area contributed by atoms with Gasteiger partial charge in [0.2, 0.25) is 0 Å². The molecule has 9 nitrogen and oxygen atoms in total. The number of allylic oxidation sites excluding steroid dienone is 4. The summed E-state index contributed by atoms with van der Waals surface area (Å²) >= 11 is 6.09. The lowest BCUT2D eigenvalue weighted by atomic mass is 9.99. The molecule has 0 aliphatic rings. The van der Waals surface area contributed by atoms with Crippen molar-refractivity contribution in [1.29, 1.82) is 0 Å². The molecule has 0 bridgehead atoms. The summed E-state index contributed by atoms with van der Waals surface area (Å²) in [5, 5.41) is 36.5. The van der Waals surface area contributed by atoms with E-state index in [1.54, 1.807) is 11.6 Å². The number of carbonyl (C=O) groups is 1. The van der Waals surface area contributed by atoms with Crippen molar-refractivity contribution in [3.63, 3.8) is 0 Å². The number of carboxylic acid groups (broad SMARTS) is 1. The second-order valence-corrected chi connectivity index (χ2v) is 9.47. The second-order valence-electron chi connectivity index (χ2n) is 8.87. The first-order chi connectivity index (χ1) is 17.5. The van der Waals surface area contributed by atoms with Gasteiger partial charge in [0.1, 0.15) is 5.82 Å². The lowest BCUT2D eigenvalue weighted by Gasteiger charge is -2.26. The van der Waals surface area contributed by atoms with Crippen molar-refractivity contribution in [2.75, 3.05) is 6.54 Å². The highest BCUT2D eigenvalue weighted by Crippen LogP contribution is 2.23. The van der Waals surface area contributed by atoms with E-state index < -0.39 is 18.3 Å². The number of hydrogen-bond acceptors (Lipinski definition) is 7. The Morgan fingerprint density at radius 2 is 1.76 bits per heavy atom. The van der Waals surface area contributed by atoms with Gasteiger partial charge in [0.25, 0.3) is 0 Å². The minimum absolute atomic E-state index is 0.114. The Balaban J connectivity index is 1.80. The van der Waals surface area contributed by atoms with Crippen molar-refractivity contribution in [2.45, 2.75) is 46.6 Å². The molecule has 2 unspecified atom stereocenters. The maximum Gasteiger partial charge on any atom is 0.333 e. The van der Waals surface area contributed by atoms with E-state index in [9.17, 15) is 20.1 Å². The van der Waals surface area contributed by atoms with E-state index in [0.717, 1.165) is 28.0 Å². The van der Waals surface area contributed by atoms with Gasteiger partial charge >= 0.3 is 5.97 Å². The molecule has 0 saturated heterocycles. The van der Waals surface area contributed by atoms with Crippen LogP contribution in [0.1, 0.15) is 49.8 Å². The van der Waals surface area contributed by atoms with Crippen LogP contribution in [0.2, 0.25) is 0 Å². The number of rotatable bonds is 11. The molecular weight excluding hydrogens is 494 g/mol. The first-order valence-electron chi connectivity index (χ1n) is 11.7. The number of nitrogens with zero attached hydrogens (tertiary/aromatic N) is 4. The average Bonchev–Trinajstić information content (AvgIpc) is 3.25. The van der Waals surface area contributed by atoms with E-state index in [2.05, 4.69) is 15.5 Å². The average molecular weight is 526 g/mol. The van der Waals surface area contributed by atoms with Gasteiger partial charge in [-0.25, -0.2) is 24.9 Å². The van der Waals surface area contributed by atoms with E-state index in [-0.39, 0.29) is 18.9 Å². The SMILES string of the molecule is CC(Cl)=CC(=C(C)C)c1ccc(CN(CC(O)C(=O)O)NC(O)c2nc(C)n(-c3ccccc3)n2)cc1. The Bertz CT molecular complexity index is 1260. The standard InChI is InChI=1S/C27H32ClN5O4/c1-17(2)23(14-18(3)28)21-12-10-20(11-13-21)15-32(16-24(34)27(36)37)31-26(35)25-29-19(4)33(30-25)22-8-6-5-7-9-22/h5-14,24,26,31,34-35H,15-16H2,1-4H3,(H,36,37). The van der Waals surface area contributed by atoms with Crippen LogP contribution in [0, 0.1) is 6.92 Å². The number of aliphatic carboxylic acids is 1. The largest absolute Gasteiger partial charge is 0.479 e. The predicted octanol–water partition coefficient (Wildman–Crippen LogP) is 3.95. The second kappa shape index (κ2) is 12.8. The highest BCUT2D eigenvalue weighted by Gasteiger charge is 2.23. The van der Waals surface area contributed by atoms with Crippen LogP contribution in [0.25, 0.3) is 11.3 Å². The summed E-state index contributed by atoms with van der Waals surface area (Å²) in [5.41, 5.74) is 7.57. The lowest BCUT2D eigenvalue weighted by molar-refractivity contribution is -0.148. The summed E-state index contributed by atoms with van der Waals surface area (Å²) in [6.07, 6.45) is -1.09. The van der Waals surface area contributed by atoms with Gasteiger partial charge in [-0.1, -0.05) is 59.6 Å². The molecule has 37 heavy (non-hydrogen) atoms. The first-order valence-corrected chi connectivity index (χ1v) is 12.1. The molecule has 2 atom stereocenters. The summed E-state index contributed by atoms with van der Waals surface area (Å²) < 4.78 is 1.60. The fraction of sp³-hybridized carbons (Fsp3) is 0.296. The summed E-state index contributed by atoms with van der Waals surface area (Å²) in [4.78, 5) is 15.6. The Morgan fingerprint density at radius 3 is 2.32 bits per heavy atom. The summed E-state index contributed by atoms with van der Waals surface area (Å²) in [7, 11) is 0. The molecule has 4 N–H and O–H groups in total. The number of halogens is 1. The number of benzene rings is 2. The highest BCUT2D eigenvalue weighted by molar-refractivity contribution is 6.29. The van der Waals surface area contributed by atoms with Gasteiger partial charge in [-0.05, 0) is 62.6 Å². The summed E-state index contributed by atoms with van der Waals surface area (Å²) in [6.45, 7) is 7.53. The third-order valence-electron chi connectivity index (χ3n) is 5.53. The van der Waals surface area contributed by atoms with Gasteiger partial charge in [0, 0.05) is 11.6 Å². The van der Waals surface area contributed by atoms with Crippen LogP contribution in [0.15, 0.2) is 71.3 Å². The van der Waals surface area contributed by atoms with Crippen LogP contribution in [-0.2, 0) is 11.3 Å². The number of aliphatic hydroxyl groups excluding tert-OH is 2. The lowest BCUT2D eigenvalue weighted by Crippen LogP contribution is -2.46. The van der Waals surface area contributed by atoms with Crippen LogP contribution in [0.3, 0.4) is 0 Å². The molecular formula is C27H32ClN5O4. The van der Waals surface area contributed by atoms with E-state index >= 15 is 0 Å². The minimum Gasteiger partial charge on any atom is -0.479 e. The molecule has 0 saturated carbocycles. The molecule has 0 amide bonds. The van der Waals surface area contributed by atoms with Crippen molar-refractivity contribution >= 4 is 23.1 Å². The molecule has 3 aromatic rings. The molecule has 1 heterocycles. The molecule has 2 aromatic carbocycles. The molecule has 10 heteroatoms. The maximum atomic E-state index is 11.3. The number of hydrogen-bond donors (Lipinski definition) is 4.